The molecular formula is C14H21ClN2O4S. The molecule has 1 aromatic rings. The van der Waals surface area contributed by atoms with Crippen molar-refractivity contribution in [3.63, 3.8) is 0 Å². The summed E-state index contributed by atoms with van der Waals surface area (Å²) in [4.78, 5) is 0.252. The highest BCUT2D eigenvalue weighted by Crippen LogP contribution is 2.36. The fraction of sp³-hybridized carbons (Fsp3) is 0.571. The molecule has 0 bridgehead atoms. The van der Waals surface area contributed by atoms with E-state index >= 15 is 0 Å². The van der Waals surface area contributed by atoms with E-state index in [2.05, 4.69) is 4.72 Å². The van der Waals surface area contributed by atoms with Gasteiger partial charge in [0.1, 0.15) is 0 Å². The monoisotopic (exact) mass is 348 g/mol. The average molecular weight is 349 g/mol. The molecule has 1 saturated carbocycles. The summed E-state index contributed by atoms with van der Waals surface area (Å²) in [5, 5.41) is 0. The lowest BCUT2D eigenvalue weighted by molar-refractivity contribution is 0.174. The van der Waals surface area contributed by atoms with Crippen LogP contribution in [0, 0.1) is 6.92 Å². The molecule has 1 aliphatic carbocycles. The van der Waals surface area contributed by atoms with E-state index < -0.39 is 10.0 Å². The Kier molecular flexibility index (Phi) is 5.21. The quantitative estimate of drug-likeness (QED) is 0.867. The number of sulfonamides is 1. The van der Waals surface area contributed by atoms with E-state index in [1.54, 1.807) is 13.0 Å². The first-order chi connectivity index (χ1) is 9.95. The van der Waals surface area contributed by atoms with Crippen molar-refractivity contribution in [1.29, 1.82) is 0 Å². The van der Waals surface area contributed by atoms with Crippen molar-refractivity contribution in [3.05, 3.63) is 17.7 Å². The van der Waals surface area contributed by atoms with Gasteiger partial charge < -0.3 is 15.2 Å². The van der Waals surface area contributed by atoms with Gasteiger partial charge >= 0.3 is 0 Å². The SMILES string of the molecule is Cc1cc2c(cc1S(=O)(=O)NC1CCC(N)CC1)OCO2.Cl. The molecule has 0 aromatic heterocycles. The van der Waals surface area contributed by atoms with Gasteiger partial charge in [-0.1, -0.05) is 0 Å². The zero-order valence-corrected chi connectivity index (χ0v) is 14.0. The Balaban J connectivity index is 0.00000176. The molecule has 1 aliphatic heterocycles. The Hall–Kier alpha value is -1.02. The van der Waals surface area contributed by atoms with E-state index in [-0.39, 0.29) is 36.2 Å². The number of rotatable bonds is 3. The van der Waals surface area contributed by atoms with Crippen LogP contribution in [0.3, 0.4) is 0 Å². The molecule has 8 heteroatoms. The molecule has 2 aliphatic rings. The third-order valence-corrected chi connectivity index (χ3v) is 5.72. The molecule has 0 radical (unpaired) electrons. The molecule has 1 aromatic carbocycles. The number of hydrogen-bond acceptors (Lipinski definition) is 5. The topological polar surface area (TPSA) is 90.7 Å². The fourth-order valence-corrected chi connectivity index (χ4v) is 4.38. The Morgan fingerprint density at radius 3 is 2.36 bits per heavy atom. The minimum atomic E-state index is -3.56. The van der Waals surface area contributed by atoms with Gasteiger partial charge in [-0.3, -0.25) is 0 Å². The van der Waals surface area contributed by atoms with Crippen molar-refractivity contribution in [3.8, 4) is 11.5 Å². The molecule has 0 amide bonds. The van der Waals surface area contributed by atoms with Crippen LogP contribution in [0.5, 0.6) is 11.5 Å². The molecule has 1 fully saturated rings. The van der Waals surface area contributed by atoms with Crippen molar-refractivity contribution >= 4 is 22.4 Å². The van der Waals surface area contributed by atoms with Gasteiger partial charge in [-0.2, -0.15) is 0 Å². The highest BCUT2D eigenvalue weighted by Gasteiger charge is 2.27. The molecule has 0 saturated heterocycles. The molecule has 0 unspecified atom stereocenters. The Bertz CT molecular complexity index is 642. The van der Waals surface area contributed by atoms with Crippen LogP contribution < -0.4 is 19.9 Å². The number of halogens is 1. The maximum atomic E-state index is 12.6. The van der Waals surface area contributed by atoms with Crippen LogP contribution in [-0.2, 0) is 10.0 Å². The van der Waals surface area contributed by atoms with Crippen molar-refractivity contribution in [2.45, 2.75) is 49.6 Å². The number of nitrogens with two attached hydrogens (primary N) is 1. The second-order valence-electron chi connectivity index (χ2n) is 5.70. The van der Waals surface area contributed by atoms with Crippen LogP contribution in [0.1, 0.15) is 31.2 Å². The van der Waals surface area contributed by atoms with Crippen molar-refractivity contribution in [2.24, 2.45) is 5.73 Å². The van der Waals surface area contributed by atoms with E-state index in [1.165, 1.54) is 6.07 Å². The zero-order valence-electron chi connectivity index (χ0n) is 12.4. The standard InChI is InChI=1S/C14H20N2O4S.ClH/c1-9-6-12-13(20-8-19-12)7-14(9)21(17,18)16-11-4-2-10(15)3-5-11;/h6-7,10-11,16H,2-5,8,15H2,1H3;1H. The fourth-order valence-electron chi connectivity index (χ4n) is 2.83. The van der Waals surface area contributed by atoms with Crippen LogP contribution in [0.25, 0.3) is 0 Å². The summed E-state index contributed by atoms with van der Waals surface area (Å²) < 4.78 is 38.4. The highest BCUT2D eigenvalue weighted by molar-refractivity contribution is 7.89. The van der Waals surface area contributed by atoms with Gasteiger partial charge in [-0.15, -0.1) is 12.4 Å². The summed E-state index contributed by atoms with van der Waals surface area (Å²) in [7, 11) is -3.56. The van der Waals surface area contributed by atoms with E-state index in [1.807, 2.05) is 0 Å². The maximum Gasteiger partial charge on any atom is 0.241 e. The number of ether oxygens (including phenoxy) is 2. The van der Waals surface area contributed by atoms with E-state index in [4.69, 9.17) is 15.2 Å². The normalized spacial score (nSPS) is 23.9. The maximum absolute atomic E-state index is 12.6. The summed E-state index contributed by atoms with van der Waals surface area (Å²) >= 11 is 0. The molecular weight excluding hydrogens is 328 g/mol. The second-order valence-corrected chi connectivity index (χ2v) is 7.39. The molecule has 0 atom stereocenters. The largest absolute Gasteiger partial charge is 0.454 e. The van der Waals surface area contributed by atoms with Gasteiger partial charge in [0.2, 0.25) is 16.8 Å². The summed E-state index contributed by atoms with van der Waals surface area (Å²) in [5.74, 6) is 1.07. The third-order valence-electron chi connectivity index (χ3n) is 4.05. The molecule has 3 N–H and O–H groups in total. The minimum absolute atomic E-state index is 0. The molecule has 124 valence electrons. The number of hydrogen-bond donors (Lipinski definition) is 2. The lowest BCUT2D eigenvalue weighted by atomic mass is 9.93. The Morgan fingerprint density at radius 1 is 1.14 bits per heavy atom. The predicted molar refractivity (Wildman–Crippen MR) is 85.1 cm³/mol. The van der Waals surface area contributed by atoms with Gasteiger partial charge in [0.05, 0.1) is 4.90 Å². The Morgan fingerprint density at radius 2 is 1.73 bits per heavy atom. The van der Waals surface area contributed by atoms with Gasteiger partial charge in [0, 0.05) is 18.2 Å². The minimum Gasteiger partial charge on any atom is -0.454 e. The number of fused-ring (bicyclic) bond motifs is 1. The van der Waals surface area contributed by atoms with Gasteiger partial charge in [-0.25, -0.2) is 13.1 Å². The predicted octanol–water partition coefficient (Wildman–Crippen LogP) is 1.69. The average Bonchev–Trinajstić information content (AvgIpc) is 2.87. The van der Waals surface area contributed by atoms with Crippen molar-refractivity contribution in [2.75, 3.05) is 6.79 Å². The lowest BCUT2D eigenvalue weighted by Crippen LogP contribution is -2.40. The van der Waals surface area contributed by atoms with Crippen LogP contribution in [0.2, 0.25) is 0 Å². The number of nitrogens with one attached hydrogen (secondary N) is 1. The summed E-state index contributed by atoms with van der Waals surface area (Å²) in [6.07, 6.45) is 3.27. The van der Waals surface area contributed by atoms with Crippen LogP contribution in [0.4, 0.5) is 0 Å². The van der Waals surface area contributed by atoms with Gasteiger partial charge in [0.25, 0.3) is 0 Å². The molecule has 3 rings (SSSR count). The molecule has 22 heavy (non-hydrogen) atoms. The lowest BCUT2D eigenvalue weighted by Gasteiger charge is -2.26. The van der Waals surface area contributed by atoms with Crippen LogP contribution in [0.15, 0.2) is 17.0 Å². The number of benzene rings is 1. The smallest absolute Gasteiger partial charge is 0.241 e. The van der Waals surface area contributed by atoms with Crippen molar-refractivity contribution in [1.82, 2.24) is 4.72 Å². The molecule has 1 heterocycles. The summed E-state index contributed by atoms with van der Waals surface area (Å²) in [6.45, 7) is 1.89. The van der Waals surface area contributed by atoms with E-state index in [9.17, 15) is 8.42 Å². The molecule has 6 nitrogen and oxygen atoms in total. The first kappa shape index (κ1) is 17.3. The summed E-state index contributed by atoms with van der Waals surface area (Å²) in [6, 6.07) is 3.39. The van der Waals surface area contributed by atoms with Crippen LogP contribution >= 0.6 is 12.4 Å². The first-order valence-electron chi connectivity index (χ1n) is 7.14. The molecule has 0 spiro atoms. The highest BCUT2D eigenvalue weighted by atomic mass is 35.5. The van der Waals surface area contributed by atoms with Gasteiger partial charge in [0.15, 0.2) is 11.5 Å². The van der Waals surface area contributed by atoms with E-state index in [0.29, 0.717) is 17.1 Å². The third kappa shape index (κ3) is 3.48. The van der Waals surface area contributed by atoms with Gasteiger partial charge in [-0.05, 0) is 44.2 Å². The van der Waals surface area contributed by atoms with Crippen LogP contribution in [-0.4, -0.2) is 27.3 Å². The van der Waals surface area contributed by atoms with Crippen molar-refractivity contribution < 1.29 is 17.9 Å². The zero-order chi connectivity index (χ0) is 15.0. The number of aryl methyl sites for hydroxylation is 1. The van der Waals surface area contributed by atoms with E-state index in [0.717, 1.165) is 25.7 Å². The second kappa shape index (κ2) is 6.62. The first-order valence-corrected chi connectivity index (χ1v) is 8.62. The summed E-state index contributed by atoms with van der Waals surface area (Å²) in [5.41, 5.74) is 6.50. The Labute approximate surface area is 136 Å².